The van der Waals surface area contributed by atoms with E-state index in [1.807, 2.05) is 42.1 Å². The maximum atomic E-state index is 12.2. The summed E-state index contributed by atoms with van der Waals surface area (Å²) >= 11 is 1.88. The molecular formula is C15H22N2O2S2. The second-order valence-electron chi connectivity index (χ2n) is 5.20. The third-order valence-electron chi connectivity index (χ3n) is 3.37. The molecule has 0 spiro atoms. The zero-order valence-corrected chi connectivity index (χ0v) is 13.8. The monoisotopic (exact) mass is 326 g/mol. The number of thioether (sulfide) groups is 1. The predicted molar refractivity (Wildman–Crippen MR) is 90.0 cm³/mol. The lowest BCUT2D eigenvalue weighted by Gasteiger charge is -2.24. The summed E-state index contributed by atoms with van der Waals surface area (Å²) in [5.41, 5.74) is 1.01. The SMILES string of the molecule is CS(=O)CC(NC(=O)CC1CSCCN1)c1ccccc1. The summed E-state index contributed by atoms with van der Waals surface area (Å²) in [4.78, 5) is 12.2. The third-order valence-corrected chi connectivity index (χ3v) is 5.30. The number of hydrogen-bond acceptors (Lipinski definition) is 4. The molecule has 4 nitrogen and oxygen atoms in total. The zero-order chi connectivity index (χ0) is 15.1. The highest BCUT2D eigenvalue weighted by Gasteiger charge is 2.20. The summed E-state index contributed by atoms with van der Waals surface area (Å²) in [6.07, 6.45) is 2.15. The number of rotatable bonds is 6. The van der Waals surface area contributed by atoms with Crippen LogP contribution < -0.4 is 10.6 Å². The molecule has 0 radical (unpaired) electrons. The molecule has 0 aromatic heterocycles. The van der Waals surface area contributed by atoms with Crippen LogP contribution >= 0.6 is 11.8 Å². The lowest BCUT2D eigenvalue weighted by molar-refractivity contribution is -0.122. The standard InChI is InChI=1S/C15H22N2O2S2/c1-21(19)11-14(12-5-3-2-4-6-12)17-15(18)9-13-10-20-8-7-16-13/h2-6,13-14,16H,7-11H2,1H3,(H,17,18). The van der Waals surface area contributed by atoms with Crippen molar-refractivity contribution in [2.75, 3.05) is 30.1 Å². The average molecular weight is 326 g/mol. The van der Waals surface area contributed by atoms with Crippen LogP contribution in [-0.4, -0.2) is 46.2 Å². The fourth-order valence-corrected chi connectivity index (χ4v) is 4.06. The van der Waals surface area contributed by atoms with E-state index in [4.69, 9.17) is 0 Å². The minimum absolute atomic E-state index is 0.0225. The molecule has 1 saturated heterocycles. The van der Waals surface area contributed by atoms with Gasteiger partial charge in [-0.2, -0.15) is 11.8 Å². The normalized spacial score (nSPS) is 21.5. The van der Waals surface area contributed by atoms with Gasteiger partial charge >= 0.3 is 0 Å². The van der Waals surface area contributed by atoms with E-state index in [1.165, 1.54) is 0 Å². The van der Waals surface area contributed by atoms with Crippen molar-refractivity contribution in [3.8, 4) is 0 Å². The predicted octanol–water partition coefficient (Wildman–Crippen LogP) is 1.32. The van der Waals surface area contributed by atoms with E-state index in [0.717, 1.165) is 23.6 Å². The highest BCUT2D eigenvalue weighted by Crippen LogP contribution is 2.15. The molecular weight excluding hydrogens is 304 g/mol. The summed E-state index contributed by atoms with van der Waals surface area (Å²) in [5.74, 6) is 2.56. The minimum Gasteiger partial charge on any atom is -0.348 e. The lowest BCUT2D eigenvalue weighted by Crippen LogP contribution is -2.42. The third kappa shape index (κ3) is 5.80. The Labute approximate surface area is 132 Å². The van der Waals surface area contributed by atoms with E-state index in [2.05, 4.69) is 10.6 Å². The highest BCUT2D eigenvalue weighted by molar-refractivity contribution is 7.99. The van der Waals surface area contributed by atoms with Gasteiger partial charge in [0.25, 0.3) is 0 Å². The Balaban J connectivity index is 1.94. The molecule has 1 heterocycles. The molecule has 1 amide bonds. The second-order valence-corrected chi connectivity index (χ2v) is 7.83. The Kier molecular flexibility index (Phi) is 6.73. The number of carbonyl (C=O) groups is 1. The number of amides is 1. The van der Waals surface area contributed by atoms with Crippen LogP contribution in [0.4, 0.5) is 0 Å². The van der Waals surface area contributed by atoms with Crippen molar-refractivity contribution in [1.82, 2.24) is 10.6 Å². The van der Waals surface area contributed by atoms with Gasteiger partial charge in [-0.15, -0.1) is 0 Å². The molecule has 1 fully saturated rings. The van der Waals surface area contributed by atoms with Crippen molar-refractivity contribution in [3.05, 3.63) is 35.9 Å². The van der Waals surface area contributed by atoms with Crippen LogP contribution in [0, 0.1) is 0 Å². The molecule has 1 aromatic rings. The van der Waals surface area contributed by atoms with Crippen molar-refractivity contribution in [3.63, 3.8) is 0 Å². The van der Waals surface area contributed by atoms with E-state index >= 15 is 0 Å². The van der Waals surface area contributed by atoms with Gasteiger partial charge in [-0.3, -0.25) is 9.00 Å². The molecule has 1 aliphatic heterocycles. The van der Waals surface area contributed by atoms with Crippen molar-refractivity contribution in [1.29, 1.82) is 0 Å². The van der Waals surface area contributed by atoms with Crippen LogP contribution in [0.15, 0.2) is 30.3 Å². The topological polar surface area (TPSA) is 58.2 Å². The lowest BCUT2D eigenvalue weighted by atomic mass is 10.1. The smallest absolute Gasteiger partial charge is 0.222 e. The van der Waals surface area contributed by atoms with Crippen LogP contribution in [-0.2, 0) is 15.6 Å². The Morgan fingerprint density at radius 3 is 2.86 bits per heavy atom. The molecule has 3 atom stereocenters. The Bertz CT molecular complexity index is 476. The Morgan fingerprint density at radius 1 is 1.48 bits per heavy atom. The first-order valence-corrected chi connectivity index (χ1v) is 9.99. The van der Waals surface area contributed by atoms with Gasteiger partial charge in [0.15, 0.2) is 0 Å². The summed E-state index contributed by atoms with van der Waals surface area (Å²) in [7, 11) is -0.954. The molecule has 116 valence electrons. The molecule has 2 N–H and O–H groups in total. The largest absolute Gasteiger partial charge is 0.348 e. The first-order chi connectivity index (χ1) is 10.1. The first-order valence-electron chi connectivity index (χ1n) is 7.10. The van der Waals surface area contributed by atoms with Crippen molar-refractivity contribution in [2.24, 2.45) is 0 Å². The Hall–Kier alpha value is -0.850. The number of carbonyl (C=O) groups excluding carboxylic acids is 1. The van der Waals surface area contributed by atoms with E-state index in [1.54, 1.807) is 6.26 Å². The highest BCUT2D eigenvalue weighted by atomic mass is 32.2. The van der Waals surface area contributed by atoms with Crippen LogP contribution in [0.25, 0.3) is 0 Å². The van der Waals surface area contributed by atoms with Gasteiger partial charge in [0, 0.05) is 53.3 Å². The van der Waals surface area contributed by atoms with Crippen LogP contribution in [0.5, 0.6) is 0 Å². The average Bonchev–Trinajstić information content (AvgIpc) is 2.48. The van der Waals surface area contributed by atoms with E-state index in [9.17, 15) is 9.00 Å². The number of benzene rings is 1. The molecule has 2 rings (SSSR count). The van der Waals surface area contributed by atoms with E-state index in [-0.39, 0.29) is 18.0 Å². The molecule has 1 aliphatic rings. The van der Waals surface area contributed by atoms with Crippen molar-refractivity contribution < 1.29 is 9.00 Å². The summed E-state index contributed by atoms with van der Waals surface area (Å²) < 4.78 is 11.5. The van der Waals surface area contributed by atoms with Gasteiger partial charge in [-0.1, -0.05) is 30.3 Å². The van der Waals surface area contributed by atoms with Crippen molar-refractivity contribution in [2.45, 2.75) is 18.5 Å². The Morgan fingerprint density at radius 2 is 2.24 bits per heavy atom. The fraction of sp³-hybridized carbons (Fsp3) is 0.533. The molecule has 0 aliphatic carbocycles. The first kappa shape index (κ1) is 16.5. The van der Waals surface area contributed by atoms with E-state index < -0.39 is 10.8 Å². The molecule has 1 aromatic carbocycles. The number of hydrogen-bond donors (Lipinski definition) is 2. The van der Waals surface area contributed by atoms with Crippen LogP contribution in [0.1, 0.15) is 18.0 Å². The quantitative estimate of drug-likeness (QED) is 0.828. The van der Waals surface area contributed by atoms with Crippen molar-refractivity contribution >= 4 is 28.5 Å². The second kappa shape index (κ2) is 8.56. The van der Waals surface area contributed by atoms with Crippen LogP contribution in [0.3, 0.4) is 0 Å². The van der Waals surface area contributed by atoms with Gasteiger partial charge in [-0.25, -0.2) is 0 Å². The maximum Gasteiger partial charge on any atom is 0.222 e. The van der Waals surface area contributed by atoms with Gasteiger partial charge in [-0.05, 0) is 5.56 Å². The van der Waals surface area contributed by atoms with Gasteiger partial charge in [0.05, 0.1) is 6.04 Å². The zero-order valence-electron chi connectivity index (χ0n) is 12.2. The summed E-state index contributed by atoms with van der Waals surface area (Å²) in [6.45, 7) is 0.962. The molecule has 0 saturated carbocycles. The summed E-state index contributed by atoms with van der Waals surface area (Å²) in [6, 6.07) is 9.81. The molecule has 3 unspecified atom stereocenters. The van der Waals surface area contributed by atoms with E-state index in [0.29, 0.717) is 12.2 Å². The maximum absolute atomic E-state index is 12.2. The van der Waals surface area contributed by atoms with Gasteiger partial charge in [0.1, 0.15) is 0 Å². The van der Waals surface area contributed by atoms with Gasteiger partial charge < -0.3 is 10.6 Å². The minimum atomic E-state index is -0.954. The molecule has 6 heteroatoms. The fourth-order valence-electron chi connectivity index (χ4n) is 2.37. The summed E-state index contributed by atoms with van der Waals surface area (Å²) in [5, 5.41) is 6.39. The molecule has 21 heavy (non-hydrogen) atoms. The van der Waals surface area contributed by atoms with Crippen LogP contribution in [0.2, 0.25) is 0 Å². The number of nitrogens with one attached hydrogen (secondary N) is 2. The molecule has 0 bridgehead atoms. The van der Waals surface area contributed by atoms with Gasteiger partial charge in [0.2, 0.25) is 5.91 Å².